The SMILES string of the molecule is Cc1c(C(=O)O)cc2cc(Br)cn2c1C(C)N1CCC(N2CCCC2)CC1. The number of likely N-dealkylation sites (tertiary alicyclic amines) is 2. The van der Waals surface area contributed by atoms with Crippen LogP contribution in [0.1, 0.15) is 60.3 Å². The van der Waals surface area contributed by atoms with Crippen molar-refractivity contribution in [1.82, 2.24) is 14.2 Å². The number of hydrogen-bond acceptors (Lipinski definition) is 3. The predicted molar refractivity (Wildman–Crippen MR) is 111 cm³/mol. The zero-order valence-corrected chi connectivity index (χ0v) is 17.7. The molecule has 6 heteroatoms. The molecular weight excluding hydrogens is 406 g/mol. The Labute approximate surface area is 169 Å². The molecule has 0 radical (unpaired) electrons. The summed E-state index contributed by atoms with van der Waals surface area (Å²) < 4.78 is 3.13. The quantitative estimate of drug-likeness (QED) is 0.779. The molecule has 2 aromatic heterocycles. The van der Waals surface area contributed by atoms with Crippen LogP contribution in [-0.4, -0.2) is 57.5 Å². The number of pyridine rings is 1. The van der Waals surface area contributed by atoms with E-state index in [0.29, 0.717) is 5.56 Å². The number of carboxylic acids is 1. The summed E-state index contributed by atoms with van der Waals surface area (Å²) in [5, 5.41) is 9.66. The molecule has 2 aliphatic rings. The topological polar surface area (TPSA) is 48.2 Å². The van der Waals surface area contributed by atoms with Gasteiger partial charge in [0.2, 0.25) is 0 Å². The second-order valence-electron chi connectivity index (χ2n) is 8.01. The van der Waals surface area contributed by atoms with E-state index in [0.717, 1.165) is 40.4 Å². The monoisotopic (exact) mass is 433 g/mol. The van der Waals surface area contributed by atoms with Gasteiger partial charge in [-0.15, -0.1) is 0 Å². The summed E-state index contributed by atoms with van der Waals surface area (Å²) in [5.74, 6) is -0.853. The van der Waals surface area contributed by atoms with Crippen LogP contribution in [0.3, 0.4) is 0 Å². The van der Waals surface area contributed by atoms with Crippen molar-refractivity contribution in [2.75, 3.05) is 26.2 Å². The van der Waals surface area contributed by atoms with Gasteiger partial charge < -0.3 is 14.4 Å². The number of halogens is 1. The van der Waals surface area contributed by atoms with E-state index in [-0.39, 0.29) is 6.04 Å². The Kier molecular flexibility index (Phi) is 5.32. The number of piperidine rings is 1. The second-order valence-corrected chi connectivity index (χ2v) is 8.93. The first-order valence-electron chi connectivity index (χ1n) is 9.98. The summed E-state index contributed by atoms with van der Waals surface area (Å²) in [6, 6.07) is 4.67. The molecule has 146 valence electrons. The summed E-state index contributed by atoms with van der Waals surface area (Å²) in [6.07, 6.45) is 7.16. The third-order valence-electron chi connectivity index (χ3n) is 6.49. The van der Waals surface area contributed by atoms with Gasteiger partial charge in [-0.3, -0.25) is 4.90 Å². The lowest BCUT2D eigenvalue weighted by Gasteiger charge is -2.40. The average molecular weight is 434 g/mol. The molecule has 5 nitrogen and oxygen atoms in total. The molecule has 4 heterocycles. The highest BCUT2D eigenvalue weighted by Crippen LogP contribution is 2.32. The van der Waals surface area contributed by atoms with E-state index >= 15 is 0 Å². The number of carboxylic acid groups (broad SMARTS) is 1. The molecule has 2 aliphatic heterocycles. The number of fused-ring (bicyclic) bond motifs is 1. The van der Waals surface area contributed by atoms with Gasteiger partial charge in [0.05, 0.1) is 5.56 Å². The molecule has 0 saturated carbocycles. The molecule has 1 N–H and O–H groups in total. The maximum atomic E-state index is 11.8. The first-order chi connectivity index (χ1) is 13.0. The second kappa shape index (κ2) is 7.57. The van der Waals surface area contributed by atoms with Crippen LogP contribution in [0.4, 0.5) is 0 Å². The molecular formula is C21H28BrN3O2. The van der Waals surface area contributed by atoms with E-state index in [2.05, 4.69) is 43.3 Å². The van der Waals surface area contributed by atoms with Crippen LogP contribution in [0.5, 0.6) is 0 Å². The smallest absolute Gasteiger partial charge is 0.336 e. The summed E-state index contributed by atoms with van der Waals surface area (Å²) >= 11 is 3.55. The first-order valence-corrected chi connectivity index (χ1v) is 10.8. The van der Waals surface area contributed by atoms with Crippen molar-refractivity contribution in [2.24, 2.45) is 0 Å². The van der Waals surface area contributed by atoms with Gasteiger partial charge in [-0.2, -0.15) is 0 Å². The van der Waals surface area contributed by atoms with Crippen LogP contribution in [-0.2, 0) is 0 Å². The molecule has 0 aliphatic carbocycles. The van der Waals surface area contributed by atoms with Crippen molar-refractivity contribution in [2.45, 2.75) is 51.6 Å². The number of aromatic nitrogens is 1. The number of nitrogens with zero attached hydrogens (tertiary/aromatic N) is 3. The Hall–Kier alpha value is -1.37. The minimum atomic E-state index is -0.853. The number of rotatable bonds is 4. The molecule has 2 fully saturated rings. The standard InChI is InChI=1S/C21H28BrN3O2/c1-14-19(21(26)27)12-18-11-16(22)13-25(18)20(14)15(2)23-9-5-17(6-10-23)24-7-3-4-8-24/h11-13,15,17H,3-10H2,1-2H3,(H,26,27). The maximum absolute atomic E-state index is 11.8. The van der Waals surface area contributed by atoms with Crippen molar-refractivity contribution in [3.05, 3.63) is 39.6 Å². The van der Waals surface area contributed by atoms with Gasteiger partial charge in [0, 0.05) is 47.1 Å². The highest BCUT2D eigenvalue weighted by Gasteiger charge is 2.30. The van der Waals surface area contributed by atoms with E-state index in [9.17, 15) is 9.90 Å². The van der Waals surface area contributed by atoms with Crippen molar-refractivity contribution in [3.63, 3.8) is 0 Å². The van der Waals surface area contributed by atoms with E-state index in [4.69, 9.17) is 0 Å². The van der Waals surface area contributed by atoms with Crippen LogP contribution in [0.25, 0.3) is 5.52 Å². The van der Waals surface area contributed by atoms with Crippen LogP contribution in [0.15, 0.2) is 22.8 Å². The fraction of sp³-hybridized carbons (Fsp3) is 0.571. The van der Waals surface area contributed by atoms with Crippen molar-refractivity contribution in [1.29, 1.82) is 0 Å². The van der Waals surface area contributed by atoms with Gasteiger partial charge in [0.1, 0.15) is 0 Å². The highest BCUT2D eigenvalue weighted by molar-refractivity contribution is 9.10. The molecule has 1 atom stereocenters. The number of carbonyl (C=O) groups is 1. The number of aromatic carboxylic acids is 1. The maximum Gasteiger partial charge on any atom is 0.336 e. The zero-order valence-electron chi connectivity index (χ0n) is 16.1. The zero-order chi connectivity index (χ0) is 19.1. The lowest BCUT2D eigenvalue weighted by Crippen LogP contribution is -2.44. The predicted octanol–water partition coefficient (Wildman–Crippen LogP) is 4.33. The van der Waals surface area contributed by atoms with Crippen LogP contribution in [0.2, 0.25) is 0 Å². The fourth-order valence-electron chi connectivity index (χ4n) is 5.00. The Morgan fingerprint density at radius 2 is 1.85 bits per heavy atom. The van der Waals surface area contributed by atoms with Gasteiger partial charge in [0.25, 0.3) is 0 Å². The van der Waals surface area contributed by atoms with Gasteiger partial charge in [-0.25, -0.2) is 4.79 Å². The van der Waals surface area contributed by atoms with E-state index in [1.54, 1.807) is 6.07 Å². The molecule has 2 aromatic rings. The van der Waals surface area contributed by atoms with Crippen molar-refractivity contribution < 1.29 is 9.90 Å². The normalized spacial score (nSPS) is 21.1. The van der Waals surface area contributed by atoms with Crippen LogP contribution >= 0.6 is 15.9 Å². The summed E-state index contributed by atoms with van der Waals surface area (Å²) in [4.78, 5) is 17.0. The average Bonchev–Trinajstić information content (AvgIpc) is 3.29. The summed E-state index contributed by atoms with van der Waals surface area (Å²) in [5.41, 5.74) is 3.29. The van der Waals surface area contributed by atoms with Gasteiger partial charge in [0.15, 0.2) is 0 Å². The summed E-state index contributed by atoms with van der Waals surface area (Å²) in [6.45, 7) is 8.83. The minimum absolute atomic E-state index is 0.186. The van der Waals surface area contributed by atoms with Crippen molar-refractivity contribution >= 4 is 27.4 Å². The Morgan fingerprint density at radius 3 is 2.48 bits per heavy atom. The van der Waals surface area contributed by atoms with Crippen molar-refractivity contribution in [3.8, 4) is 0 Å². The lowest BCUT2D eigenvalue weighted by atomic mass is 9.97. The third-order valence-corrected chi connectivity index (χ3v) is 6.92. The minimum Gasteiger partial charge on any atom is -0.478 e. The fourth-order valence-corrected chi connectivity index (χ4v) is 5.43. The Balaban J connectivity index is 1.61. The molecule has 0 aromatic carbocycles. The van der Waals surface area contributed by atoms with E-state index < -0.39 is 5.97 Å². The Bertz CT molecular complexity index is 849. The number of hydrogen-bond donors (Lipinski definition) is 1. The van der Waals surface area contributed by atoms with Gasteiger partial charge >= 0.3 is 5.97 Å². The van der Waals surface area contributed by atoms with Crippen LogP contribution in [0, 0.1) is 6.92 Å². The molecule has 0 spiro atoms. The Morgan fingerprint density at radius 1 is 1.19 bits per heavy atom. The molecule has 2 saturated heterocycles. The highest BCUT2D eigenvalue weighted by atomic mass is 79.9. The molecule has 4 rings (SSSR count). The van der Waals surface area contributed by atoms with Crippen LogP contribution < -0.4 is 0 Å². The molecule has 0 amide bonds. The van der Waals surface area contributed by atoms with Gasteiger partial charge in [-0.1, -0.05) is 0 Å². The molecule has 0 bridgehead atoms. The van der Waals surface area contributed by atoms with E-state index in [1.165, 1.54) is 38.8 Å². The van der Waals surface area contributed by atoms with Gasteiger partial charge in [-0.05, 0) is 86.2 Å². The third kappa shape index (κ3) is 3.55. The lowest BCUT2D eigenvalue weighted by molar-refractivity contribution is 0.0695. The molecule has 1 unspecified atom stereocenters. The summed E-state index contributed by atoms with van der Waals surface area (Å²) in [7, 11) is 0. The molecule has 27 heavy (non-hydrogen) atoms. The first kappa shape index (κ1) is 19.0. The van der Waals surface area contributed by atoms with E-state index in [1.807, 2.05) is 13.0 Å². The largest absolute Gasteiger partial charge is 0.478 e.